The van der Waals surface area contributed by atoms with E-state index < -0.39 is 0 Å². The number of anilines is 1. The van der Waals surface area contributed by atoms with Gasteiger partial charge in [0.15, 0.2) is 0 Å². The maximum Gasteiger partial charge on any atom is 0.222 e. The van der Waals surface area contributed by atoms with Crippen molar-refractivity contribution in [3.8, 4) is 0 Å². The zero-order chi connectivity index (χ0) is 10.9. The number of rotatable bonds is 4. The van der Waals surface area contributed by atoms with Gasteiger partial charge in [-0.3, -0.25) is 0 Å². The van der Waals surface area contributed by atoms with Crippen molar-refractivity contribution in [2.24, 2.45) is 0 Å². The minimum absolute atomic E-state index is 0.449. The summed E-state index contributed by atoms with van der Waals surface area (Å²) in [5.41, 5.74) is 0.974. The molecule has 3 nitrogen and oxygen atoms in total. The first-order chi connectivity index (χ1) is 7.15. The summed E-state index contributed by atoms with van der Waals surface area (Å²) in [6.45, 7) is 2.94. The highest BCUT2D eigenvalue weighted by atomic mass is 79.9. The maximum atomic E-state index is 4.36. The van der Waals surface area contributed by atoms with E-state index in [9.17, 15) is 0 Å². The van der Waals surface area contributed by atoms with Gasteiger partial charge in [-0.15, -0.1) is 0 Å². The number of thioether (sulfide) groups is 1. The van der Waals surface area contributed by atoms with Crippen molar-refractivity contribution in [2.75, 3.05) is 18.1 Å². The van der Waals surface area contributed by atoms with Crippen LogP contribution < -0.4 is 5.32 Å². The van der Waals surface area contributed by atoms with E-state index in [1.54, 1.807) is 6.20 Å². The standard InChI is InChI=1S/C10H14BrN3S/c1-7-8(11)5-12-9(14-7)13-6-10(15-2)3-4-10/h5H,3-4,6H2,1-2H3,(H,12,13,14). The van der Waals surface area contributed by atoms with Gasteiger partial charge in [-0.2, -0.15) is 11.8 Å². The van der Waals surface area contributed by atoms with E-state index in [1.807, 2.05) is 18.7 Å². The van der Waals surface area contributed by atoms with Crippen molar-refractivity contribution in [3.05, 3.63) is 16.4 Å². The van der Waals surface area contributed by atoms with Crippen LogP contribution in [0, 0.1) is 6.92 Å². The molecule has 1 N–H and O–H groups in total. The van der Waals surface area contributed by atoms with Crippen molar-refractivity contribution in [3.63, 3.8) is 0 Å². The van der Waals surface area contributed by atoms with Crippen molar-refractivity contribution < 1.29 is 0 Å². The SMILES string of the molecule is CSC1(CNc2ncc(Br)c(C)n2)CC1. The van der Waals surface area contributed by atoms with Gasteiger partial charge in [-0.05, 0) is 42.0 Å². The number of nitrogens with one attached hydrogen (secondary N) is 1. The third-order valence-electron chi connectivity index (χ3n) is 2.73. The molecule has 0 atom stereocenters. The summed E-state index contributed by atoms with van der Waals surface area (Å²) in [6, 6.07) is 0. The van der Waals surface area contributed by atoms with Crippen molar-refractivity contribution in [2.45, 2.75) is 24.5 Å². The quantitative estimate of drug-likeness (QED) is 0.924. The predicted molar refractivity (Wildman–Crippen MR) is 68.4 cm³/mol. The fourth-order valence-corrected chi connectivity index (χ4v) is 2.29. The topological polar surface area (TPSA) is 37.8 Å². The number of nitrogens with zero attached hydrogens (tertiary/aromatic N) is 2. The molecular weight excluding hydrogens is 274 g/mol. The molecule has 0 aromatic carbocycles. The Morgan fingerprint density at radius 1 is 1.60 bits per heavy atom. The lowest BCUT2D eigenvalue weighted by Crippen LogP contribution is -2.18. The van der Waals surface area contributed by atoms with E-state index >= 15 is 0 Å². The number of aryl methyl sites for hydroxylation is 1. The average Bonchev–Trinajstić information content (AvgIpc) is 3.01. The second-order valence-electron chi connectivity index (χ2n) is 3.87. The molecule has 1 aromatic heterocycles. The summed E-state index contributed by atoms with van der Waals surface area (Å²) >= 11 is 5.33. The third kappa shape index (κ3) is 2.64. The molecular formula is C10H14BrN3S. The zero-order valence-electron chi connectivity index (χ0n) is 8.88. The lowest BCUT2D eigenvalue weighted by molar-refractivity contribution is 0.920. The molecule has 5 heteroatoms. The molecule has 0 bridgehead atoms. The normalized spacial score (nSPS) is 17.5. The number of hydrogen-bond acceptors (Lipinski definition) is 4. The zero-order valence-corrected chi connectivity index (χ0v) is 11.3. The molecule has 1 aliphatic rings. The smallest absolute Gasteiger partial charge is 0.222 e. The highest BCUT2D eigenvalue weighted by Gasteiger charge is 2.41. The summed E-state index contributed by atoms with van der Waals surface area (Å²) in [4.78, 5) is 8.59. The second-order valence-corrected chi connectivity index (χ2v) is 6.00. The van der Waals surface area contributed by atoms with Crippen LogP contribution >= 0.6 is 27.7 Å². The largest absolute Gasteiger partial charge is 0.353 e. The summed E-state index contributed by atoms with van der Waals surface area (Å²) < 4.78 is 1.41. The molecule has 0 amide bonds. The van der Waals surface area contributed by atoms with Crippen LogP contribution in [0.25, 0.3) is 0 Å². The van der Waals surface area contributed by atoms with Gasteiger partial charge in [0, 0.05) is 17.5 Å². The number of hydrogen-bond donors (Lipinski definition) is 1. The minimum atomic E-state index is 0.449. The Bertz CT molecular complexity index is 366. The first kappa shape index (κ1) is 11.2. The van der Waals surface area contributed by atoms with Gasteiger partial charge in [-0.25, -0.2) is 9.97 Å². The molecule has 0 radical (unpaired) electrons. The molecule has 0 unspecified atom stereocenters. The number of aromatic nitrogens is 2. The lowest BCUT2D eigenvalue weighted by Gasteiger charge is -2.13. The molecule has 0 saturated heterocycles. The molecule has 1 aliphatic carbocycles. The van der Waals surface area contributed by atoms with Gasteiger partial charge in [0.2, 0.25) is 5.95 Å². The van der Waals surface area contributed by atoms with Crippen LogP contribution in [0.4, 0.5) is 5.95 Å². The fraction of sp³-hybridized carbons (Fsp3) is 0.600. The van der Waals surface area contributed by atoms with Crippen molar-refractivity contribution in [1.29, 1.82) is 0 Å². The first-order valence-corrected chi connectivity index (χ1v) is 6.95. The van der Waals surface area contributed by atoms with E-state index in [1.165, 1.54) is 12.8 Å². The summed E-state index contributed by atoms with van der Waals surface area (Å²) in [5.74, 6) is 0.732. The van der Waals surface area contributed by atoms with Gasteiger partial charge < -0.3 is 5.32 Å². The Morgan fingerprint density at radius 3 is 2.87 bits per heavy atom. The first-order valence-electron chi connectivity index (χ1n) is 4.93. The van der Waals surface area contributed by atoms with Gasteiger partial charge in [0.25, 0.3) is 0 Å². The summed E-state index contributed by atoms with van der Waals surface area (Å²) in [6.07, 6.45) is 6.57. The van der Waals surface area contributed by atoms with E-state index in [0.717, 1.165) is 22.7 Å². The summed E-state index contributed by atoms with van der Waals surface area (Å²) in [7, 11) is 0. The molecule has 1 fully saturated rings. The minimum Gasteiger partial charge on any atom is -0.353 e. The van der Waals surface area contributed by atoms with Gasteiger partial charge in [-0.1, -0.05) is 0 Å². The highest BCUT2D eigenvalue weighted by molar-refractivity contribution is 9.10. The molecule has 0 aliphatic heterocycles. The van der Waals surface area contributed by atoms with Gasteiger partial charge >= 0.3 is 0 Å². The van der Waals surface area contributed by atoms with Gasteiger partial charge in [0.1, 0.15) is 0 Å². The Morgan fingerprint density at radius 2 is 2.33 bits per heavy atom. The second kappa shape index (κ2) is 4.29. The molecule has 2 rings (SSSR count). The Hall–Kier alpha value is -0.290. The van der Waals surface area contributed by atoms with Crippen LogP contribution in [0.15, 0.2) is 10.7 Å². The molecule has 0 spiro atoms. The van der Waals surface area contributed by atoms with Gasteiger partial charge in [0.05, 0.1) is 10.2 Å². The van der Waals surface area contributed by atoms with Crippen molar-refractivity contribution >= 4 is 33.6 Å². The van der Waals surface area contributed by atoms with E-state index in [0.29, 0.717) is 4.75 Å². The van der Waals surface area contributed by atoms with Crippen LogP contribution in [0.1, 0.15) is 18.5 Å². The summed E-state index contributed by atoms with van der Waals surface area (Å²) in [5, 5.41) is 3.30. The predicted octanol–water partition coefficient (Wildman–Crippen LogP) is 2.86. The van der Waals surface area contributed by atoms with Crippen LogP contribution in [0.5, 0.6) is 0 Å². The fourth-order valence-electron chi connectivity index (χ4n) is 1.37. The molecule has 1 aromatic rings. The van der Waals surface area contributed by atoms with Crippen molar-refractivity contribution in [1.82, 2.24) is 9.97 Å². The van der Waals surface area contributed by atoms with Crippen LogP contribution in [0.2, 0.25) is 0 Å². The third-order valence-corrected chi connectivity index (χ3v) is 4.93. The Balaban J connectivity index is 1.96. The van der Waals surface area contributed by atoms with Crippen LogP contribution in [-0.4, -0.2) is 27.5 Å². The molecule has 1 saturated carbocycles. The molecule has 15 heavy (non-hydrogen) atoms. The highest BCUT2D eigenvalue weighted by Crippen LogP contribution is 2.46. The Kier molecular flexibility index (Phi) is 3.21. The average molecular weight is 288 g/mol. The van der Waals surface area contributed by atoms with Crippen LogP contribution in [0.3, 0.4) is 0 Å². The van der Waals surface area contributed by atoms with Crippen LogP contribution in [-0.2, 0) is 0 Å². The molecule has 1 heterocycles. The maximum absolute atomic E-state index is 4.36. The van der Waals surface area contributed by atoms with E-state index in [-0.39, 0.29) is 0 Å². The van der Waals surface area contributed by atoms with E-state index in [4.69, 9.17) is 0 Å². The molecule has 82 valence electrons. The lowest BCUT2D eigenvalue weighted by atomic mass is 10.4. The van der Waals surface area contributed by atoms with E-state index in [2.05, 4.69) is 37.5 Å². The monoisotopic (exact) mass is 287 g/mol. The Labute approximate surface area is 103 Å². The number of halogens is 1.